The third kappa shape index (κ3) is 2.88. The number of likely N-dealkylation sites (tertiary alicyclic amines) is 1. The van der Waals surface area contributed by atoms with Crippen molar-refractivity contribution in [1.29, 1.82) is 0 Å². The lowest BCUT2D eigenvalue weighted by Gasteiger charge is -2.30. The number of piperidine rings is 1. The van der Waals surface area contributed by atoms with Gasteiger partial charge in [-0.1, -0.05) is 0 Å². The molecule has 0 aromatic carbocycles. The van der Waals surface area contributed by atoms with Crippen molar-refractivity contribution in [2.75, 3.05) is 37.9 Å². The van der Waals surface area contributed by atoms with E-state index in [0.29, 0.717) is 12.4 Å². The molecular weight excluding hydrogens is 230 g/mol. The van der Waals surface area contributed by atoms with Crippen molar-refractivity contribution < 1.29 is 4.79 Å². The predicted molar refractivity (Wildman–Crippen MR) is 70.6 cm³/mol. The van der Waals surface area contributed by atoms with Crippen LogP contribution in [-0.2, 0) is 4.79 Å². The zero-order chi connectivity index (χ0) is 13.1. The Kier molecular flexibility index (Phi) is 3.64. The summed E-state index contributed by atoms with van der Waals surface area (Å²) in [5.74, 6) is 1.70. The van der Waals surface area contributed by atoms with Gasteiger partial charge in [-0.15, -0.1) is 0 Å². The zero-order valence-corrected chi connectivity index (χ0v) is 11.1. The first-order chi connectivity index (χ1) is 8.56. The number of carbonyl (C=O) groups is 1. The predicted octanol–water partition coefficient (Wildman–Crippen LogP) is 0.575. The fourth-order valence-electron chi connectivity index (χ4n) is 1.98. The molecule has 6 heteroatoms. The van der Waals surface area contributed by atoms with Crippen molar-refractivity contribution in [1.82, 2.24) is 14.9 Å². The van der Waals surface area contributed by atoms with Gasteiger partial charge in [0.1, 0.15) is 5.82 Å². The van der Waals surface area contributed by atoms with Gasteiger partial charge in [0, 0.05) is 46.3 Å². The maximum absolute atomic E-state index is 11.4. The van der Waals surface area contributed by atoms with Crippen LogP contribution in [0.1, 0.15) is 12.8 Å². The van der Waals surface area contributed by atoms with E-state index >= 15 is 0 Å². The lowest BCUT2D eigenvalue weighted by Crippen LogP contribution is -2.43. The molecule has 1 aromatic rings. The Labute approximate surface area is 107 Å². The first-order valence-electron chi connectivity index (χ1n) is 6.07. The van der Waals surface area contributed by atoms with Crippen molar-refractivity contribution in [2.45, 2.75) is 18.9 Å². The van der Waals surface area contributed by atoms with Gasteiger partial charge < -0.3 is 15.1 Å². The van der Waals surface area contributed by atoms with Crippen LogP contribution in [0, 0.1) is 0 Å². The van der Waals surface area contributed by atoms with E-state index in [4.69, 9.17) is 0 Å². The van der Waals surface area contributed by atoms with Gasteiger partial charge in [0.05, 0.1) is 0 Å². The minimum Gasteiger partial charge on any atom is -0.365 e. The number of hydrogen-bond acceptors (Lipinski definition) is 5. The number of hydrogen-bond donors (Lipinski definition) is 1. The smallest absolute Gasteiger partial charge is 0.226 e. The average Bonchev–Trinajstić information content (AvgIpc) is 2.34. The van der Waals surface area contributed by atoms with Crippen LogP contribution in [0.4, 0.5) is 11.8 Å². The molecule has 6 nitrogen and oxygen atoms in total. The highest BCUT2D eigenvalue weighted by molar-refractivity contribution is 5.77. The number of carbonyl (C=O) groups excluding carboxylic acids is 1. The SMILES string of the molecule is CN1CC(Nc2ccnc(N(C)C)n2)CCC1=O. The number of nitrogens with one attached hydrogen (secondary N) is 1. The molecule has 0 radical (unpaired) electrons. The van der Waals surface area contributed by atoms with Gasteiger partial charge in [0.2, 0.25) is 11.9 Å². The van der Waals surface area contributed by atoms with Gasteiger partial charge in [-0.05, 0) is 12.5 Å². The quantitative estimate of drug-likeness (QED) is 0.849. The second kappa shape index (κ2) is 5.20. The van der Waals surface area contributed by atoms with Crippen LogP contribution in [0.5, 0.6) is 0 Å². The van der Waals surface area contributed by atoms with E-state index in [1.165, 1.54) is 0 Å². The molecule has 0 bridgehead atoms. The van der Waals surface area contributed by atoms with E-state index in [9.17, 15) is 4.79 Å². The molecule has 1 unspecified atom stereocenters. The second-order valence-corrected chi connectivity index (χ2v) is 4.79. The number of likely N-dealkylation sites (N-methyl/N-ethyl adjacent to an activating group) is 1. The van der Waals surface area contributed by atoms with Gasteiger partial charge >= 0.3 is 0 Å². The lowest BCUT2D eigenvalue weighted by molar-refractivity contribution is -0.132. The monoisotopic (exact) mass is 249 g/mol. The normalized spacial score (nSPS) is 19.8. The number of amides is 1. The van der Waals surface area contributed by atoms with E-state index in [1.807, 2.05) is 32.1 Å². The fraction of sp³-hybridized carbons (Fsp3) is 0.583. The molecule has 0 spiro atoms. The first-order valence-corrected chi connectivity index (χ1v) is 6.07. The molecule has 2 rings (SSSR count). The van der Waals surface area contributed by atoms with E-state index in [2.05, 4.69) is 15.3 Å². The van der Waals surface area contributed by atoms with Crippen LogP contribution in [0.3, 0.4) is 0 Å². The third-order valence-corrected chi connectivity index (χ3v) is 3.02. The molecule has 0 saturated carbocycles. The Morgan fingerprint density at radius 2 is 2.28 bits per heavy atom. The van der Waals surface area contributed by atoms with Crippen molar-refractivity contribution in [3.05, 3.63) is 12.3 Å². The maximum atomic E-state index is 11.4. The van der Waals surface area contributed by atoms with E-state index in [1.54, 1.807) is 11.1 Å². The average molecular weight is 249 g/mol. The van der Waals surface area contributed by atoms with Crippen molar-refractivity contribution >= 4 is 17.7 Å². The molecule has 1 atom stereocenters. The standard InChI is InChI=1S/C12H19N5O/c1-16(2)12-13-7-6-10(15-12)14-9-4-5-11(18)17(3)8-9/h6-7,9H,4-5,8H2,1-3H3,(H,13,14,15). The molecule has 2 heterocycles. The first kappa shape index (κ1) is 12.6. The zero-order valence-electron chi connectivity index (χ0n) is 11.1. The molecule has 1 aliphatic rings. The molecule has 1 fully saturated rings. The van der Waals surface area contributed by atoms with Crippen LogP contribution in [0.15, 0.2) is 12.3 Å². The number of nitrogens with zero attached hydrogens (tertiary/aromatic N) is 4. The third-order valence-electron chi connectivity index (χ3n) is 3.02. The Bertz CT molecular complexity index is 434. The molecule has 98 valence electrons. The van der Waals surface area contributed by atoms with Crippen LogP contribution in [0.2, 0.25) is 0 Å². The van der Waals surface area contributed by atoms with E-state index in [0.717, 1.165) is 18.8 Å². The molecule has 0 aliphatic carbocycles. The minimum absolute atomic E-state index is 0.213. The molecule has 1 aliphatic heterocycles. The Morgan fingerprint density at radius 1 is 1.50 bits per heavy atom. The summed E-state index contributed by atoms with van der Waals surface area (Å²) in [4.78, 5) is 23.6. The summed E-state index contributed by atoms with van der Waals surface area (Å²) in [5.41, 5.74) is 0. The van der Waals surface area contributed by atoms with Gasteiger partial charge in [-0.25, -0.2) is 4.98 Å². The largest absolute Gasteiger partial charge is 0.365 e. The van der Waals surface area contributed by atoms with Crippen LogP contribution >= 0.6 is 0 Å². The van der Waals surface area contributed by atoms with Gasteiger partial charge in [0.25, 0.3) is 0 Å². The second-order valence-electron chi connectivity index (χ2n) is 4.79. The van der Waals surface area contributed by atoms with Gasteiger partial charge in [-0.3, -0.25) is 4.79 Å². The van der Waals surface area contributed by atoms with Crippen LogP contribution in [-0.4, -0.2) is 54.5 Å². The van der Waals surface area contributed by atoms with Gasteiger partial charge in [-0.2, -0.15) is 4.98 Å². The summed E-state index contributed by atoms with van der Waals surface area (Å²) in [6.45, 7) is 0.722. The molecular formula is C12H19N5O. The summed E-state index contributed by atoms with van der Waals surface area (Å²) in [7, 11) is 5.65. The highest BCUT2D eigenvalue weighted by Crippen LogP contribution is 2.15. The summed E-state index contributed by atoms with van der Waals surface area (Å²) in [6, 6.07) is 2.11. The highest BCUT2D eigenvalue weighted by atomic mass is 16.2. The summed E-state index contributed by atoms with van der Waals surface area (Å²) in [6.07, 6.45) is 3.19. The number of rotatable bonds is 3. The van der Waals surface area contributed by atoms with Crippen LogP contribution < -0.4 is 10.2 Å². The summed E-state index contributed by atoms with van der Waals surface area (Å²) < 4.78 is 0. The van der Waals surface area contributed by atoms with Crippen molar-refractivity contribution in [2.24, 2.45) is 0 Å². The Balaban J connectivity index is 2.01. The molecule has 1 amide bonds. The van der Waals surface area contributed by atoms with E-state index < -0.39 is 0 Å². The Hall–Kier alpha value is -1.85. The number of anilines is 2. The summed E-state index contributed by atoms with van der Waals surface area (Å²) >= 11 is 0. The molecule has 1 N–H and O–H groups in total. The Morgan fingerprint density at radius 3 is 2.94 bits per heavy atom. The van der Waals surface area contributed by atoms with E-state index in [-0.39, 0.29) is 11.9 Å². The van der Waals surface area contributed by atoms with Gasteiger partial charge in [0.15, 0.2) is 0 Å². The minimum atomic E-state index is 0.213. The topological polar surface area (TPSA) is 61.4 Å². The fourth-order valence-corrected chi connectivity index (χ4v) is 1.98. The molecule has 1 aromatic heterocycles. The number of aromatic nitrogens is 2. The molecule has 1 saturated heterocycles. The van der Waals surface area contributed by atoms with Crippen molar-refractivity contribution in [3.8, 4) is 0 Å². The maximum Gasteiger partial charge on any atom is 0.226 e. The molecule has 18 heavy (non-hydrogen) atoms. The lowest BCUT2D eigenvalue weighted by atomic mass is 10.1. The van der Waals surface area contributed by atoms with Crippen LogP contribution in [0.25, 0.3) is 0 Å². The van der Waals surface area contributed by atoms with Crippen molar-refractivity contribution in [3.63, 3.8) is 0 Å². The summed E-state index contributed by atoms with van der Waals surface area (Å²) in [5, 5.41) is 3.36. The highest BCUT2D eigenvalue weighted by Gasteiger charge is 2.22.